The van der Waals surface area contributed by atoms with Crippen molar-refractivity contribution < 1.29 is 9.53 Å². The number of carbonyl (C=O) groups excluding carboxylic acids is 1. The van der Waals surface area contributed by atoms with Crippen molar-refractivity contribution in [3.63, 3.8) is 0 Å². The van der Waals surface area contributed by atoms with E-state index < -0.39 is 0 Å². The SMILES string of the molecule is O=C(CNCCN1CCOCC1)N1CCCN(c2ccc(-c3ccccc3Cl)nn2)CC1. The van der Waals surface area contributed by atoms with Crippen LogP contribution in [0.1, 0.15) is 6.42 Å². The second kappa shape index (κ2) is 11.6. The maximum absolute atomic E-state index is 12.6. The largest absolute Gasteiger partial charge is 0.379 e. The third-order valence-corrected chi connectivity index (χ3v) is 6.29. The number of hydrogen-bond acceptors (Lipinski definition) is 7. The van der Waals surface area contributed by atoms with Crippen LogP contribution in [-0.4, -0.2) is 98.0 Å². The van der Waals surface area contributed by atoms with Crippen LogP contribution in [0.25, 0.3) is 11.3 Å². The first kappa shape index (κ1) is 22.9. The van der Waals surface area contributed by atoms with E-state index in [1.165, 1.54) is 0 Å². The maximum atomic E-state index is 12.6. The van der Waals surface area contributed by atoms with Crippen LogP contribution in [0.4, 0.5) is 5.82 Å². The summed E-state index contributed by atoms with van der Waals surface area (Å²) in [6.45, 7) is 8.77. The van der Waals surface area contributed by atoms with Gasteiger partial charge < -0.3 is 19.9 Å². The summed E-state index contributed by atoms with van der Waals surface area (Å²) in [4.78, 5) is 19.2. The van der Waals surface area contributed by atoms with Gasteiger partial charge in [-0.05, 0) is 24.6 Å². The molecule has 2 aliphatic heterocycles. The van der Waals surface area contributed by atoms with Gasteiger partial charge in [0.2, 0.25) is 5.91 Å². The molecule has 0 atom stereocenters. The van der Waals surface area contributed by atoms with E-state index in [2.05, 4.69) is 25.3 Å². The minimum Gasteiger partial charge on any atom is -0.379 e. The lowest BCUT2D eigenvalue weighted by Crippen LogP contribution is -2.44. The molecule has 2 fully saturated rings. The number of carbonyl (C=O) groups is 1. The van der Waals surface area contributed by atoms with Crippen molar-refractivity contribution in [2.45, 2.75) is 6.42 Å². The zero-order valence-corrected chi connectivity index (χ0v) is 19.1. The number of nitrogens with one attached hydrogen (secondary N) is 1. The monoisotopic (exact) mass is 458 g/mol. The third kappa shape index (κ3) is 6.16. The van der Waals surface area contributed by atoms with Crippen molar-refractivity contribution in [2.24, 2.45) is 0 Å². The molecule has 1 aromatic carbocycles. The number of anilines is 1. The number of rotatable bonds is 7. The number of halogens is 1. The van der Waals surface area contributed by atoms with Gasteiger partial charge in [0, 0.05) is 57.9 Å². The normalized spacial score (nSPS) is 17.9. The van der Waals surface area contributed by atoms with Gasteiger partial charge in [0.15, 0.2) is 5.82 Å². The fraction of sp³-hybridized carbons (Fsp3) is 0.522. The standard InChI is InChI=1S/C23H31ClN6O2/c24-20-5-2-1-4-19(20)21-6-7-22(27-26-21)29-9-3-10-30(13-12-29)23(31)18-25-8-11-28-14-16-32-17-15-28/h1-2,4-7,25H,3,8-18H2. The van der Waals surface area contributed by atoms with Gasteiger partial charge in [-0.2, -0.15) is 0 Å². The molecule has 2 aliphatic rings. The van der Waals surface area contributed by atoms with Crippen LogP contribution < -0.4 is 10.2 Å². The highest BCUT2D eigenvalue weighted by atomic mass is 35.5. The molecule has 1 aromatic heterocycles. The summed E-state index contributed by atoms with van der Waals surface area (Å²) in [7, 11) is 0. The van der Waals surface area contributed by atoms with Crippen molar-refractivity contribution in [1.82, 2.24) is 25.3 Å². The molecule has 9 heteroatoms. The Bertz CT molecular complexity index is 875. The molecule has 0 saturated carbocycles. The molecule has 32 heavy (non-hydrogen) atoms. The third-order valence-electron chi connectivity index (χ3n) is 5.96. The number of amides is 1. The molecular formula is C23H31ClN6O2. The molecule has 0 aliphatic carbocycles. The molecule has 1 N–H and O–H groups in total. The number of ether oxygens (including phenoxy) is 1. The zero-order valence-electron chi connectivity index (χ0n) is 18.4. The number of nitrogens with zero attached hydrogens (tertiary/aromatic N) is 5. The predicted molar refractivity (Wildman–Crippen MR) is 126 cm³/mol. The molecule has 0 bridgehead atoms. The van der Waals surface area contributed by atoms with Gasteiger partial charge in [0.05, 0.1) is 30.5 Å². The van der Waals surface area contributed by atoms with E-state index in [1.807, 2.05) is 41.3 Å². The van der Waals surface area contributed by atoms with Crippen molar-refractivity contribution in [2.75, 3.05) is 77.0 Å². The fourth-order valence-corrected chi connectivity index (χ4v) is 4.30. The average Bonchev–Trinajstić information content (AvgIpc) is 3.09. The van der Waals surface area contributed by atoms with Crippen LogP contribution in [0.15, 0.2) is 36.4 Å². The Hall–Kier alpha value is -2.26. The Balaban J connectivity index is 1.23. The Labute approximate surface area is 194 Å². The Morgan fingerprint density at radius 3 is 2.62 bits per heavy atom. The summed E-state index contributed by atoms with van der Waals surface area (Å²) in [5.41, 5.74) is 1.64. The first-order valence-electron chi connectivity index (χ1n) is 11.3. The highest BCUT2D eigenvalue weighted by Gasteiger charge is 2.20. The van der Waals surface area contributed by atoms with Crippen LogP contribution in [-0.2, 0) is 9.53 Å². The van der Waals surface area contributed by atoms with E-state index >= 15 is 0 Å². The van der Waals surface area contributed by atoms with E-state index in [9.17, 15) is 4.79 Å². The van der Waals surface area contributed by atoms with Crippen molar-refractivity contribution in [1.29, 1.82) is 0 Å². The van der Waals surface area contributed by atoms with E-state index in [1.54, 1.807) is 0 Å². The molecule has 0 radical (unpaired) electrons. The minimum absolute atomic E-state index is 0.161. The van der Waals surface area contributed by atoms with E-state index in [0.29, 0.717) is 18.1 Å². The van der Waals surface area contributed by atoms with Gasteiger partial charge in [0.25, 0.3) is 0 Å². The molecule has 0 unspecified atom stereocenters. The highest BCUT2D eigenvalue weighted by molar-refractivity contribution is 6.33. The molecule has 2 saturated heterocycles. The zero-order chi connectivity index (χ0) is 22.2. The first-order chi connectivity index (χ1) is 15.7. The molecule has 1 amide bonds. The minimum atomic E-state index is 0.161. The molecule has 4 rings (SSSR count). The maximum Gasteiger partial charge on any atom is 0.236 e. The van der Waals surface area contributed by atoms with Crippen LogP contribution in [0.2, 0.25) is 5.02 Å². The van der Waals surface area contributed by atoms with Gasteiger partial charge in [0.1, 0.15) is 0 Å². The lowest BCUT2D eigenvalue weighted by Gasteiger charge is -2.27. The summed E-state index contributed by atoms with van der Waals surface area (Å²) in [6.07, 6.45) is 0.910. The number of hydrogen-bond donors (Lipinski definition) is 1. The van der Waals surface area contributed by atoms with Crippen LogP contribution in [0, 0.1) is 0 Å². The van der Waals surface area contributed by atoms with E-state index in [-0.39, 0.29) is 5.91 Å². The smallest absolute Gasteiger partial charge is 0.236 e. The molecule has 172 valence electrons. The summed E-state index contributed by atoms with van der Waals surface area (Å²) in [6, 6.07) is 11.6. The van der Waals surface area contributed by atoms with Gasteiger partial charge in [-0.1, -0.05) is 29.8 Å². The predicted octanol–water partition coefficient (Wildman–Crippen LogP) is 1.76. The second-order valence-corrected chi connectivity index (χ2v) is 8.52. The van der Waals surface area contributed by atoms with Gasteiger partial charge in [-0.3, -0.25) is 9.69 Å². The average molecular weight is 459 g/mol. The first-order valence-corrected chi connectivity index (χ1v) is 11.7. The summed E-state index contributed by atoms with van der Waals surface area (Å²) >= 11 is 6.27. The Morgan fingerprint density at radius 2 is 1.84 bits per heavy atom. The lowest BCUT2D eigenvalue weighted by molar-refractivity contribution is -0.130. The number of benzene rings is 1. The molecule has 0 spiro atoms. The number of morpholine rings is 1. The molecule has 2 aromatic rings. The van der Waals surface area contributed by atoms with Crippen molar-refractivity contribution in [3.05, 3.63) is 41.4 Å². The van der Waals surface area contributed by atoms with Crippen LogP contribution >= 0.6 is 11.6 Å². The van der Waals surface area contributed by atoms with E-state index in [4.69, 9.17) is 16.3 Å². The Morgan fingerprint density at radius 1 is 1.00 bits per heavy atom. The van der Waals surface area contributed by atoms with Gasteiger partial charge >= 0.3 is 0 Å². The van der Waals surface area contributed by atoms with Gasteiger partial charge in [-0.15, -0.1) is 10.2 Å². The van der Waals surface area contributed by atoms with Crippen LogP contribution in [0.3, 0.4) is 0 Å². The van der Waals surface area contributed by atoms with Crippen molar-refractivity contribution >= 4 is 23.3 Å². The summed E-state index contributed by atoms with van der Waals surface area (Å²) in [5, 5.41) is 12.8. The highest BCUT2D eigenvalue weighted by Crippen LogP contribution is 2.26. The topological polar surface area (TPSA) is 73.8 Å². The van der Waals surface area contributed by atoms with Crippen molar-refractivity contribution in [3.8, 4) is 11.3 Å². The number of aromatic nitrogens is 2. The fourth-order valence-electron chi connectivity index (χ4n) is 4.07. The molecular weight excluding hydrogens is 428 g/mol. The quantitative estimate of drug-likeness (QED) is 0.633. The summed E-state index contributed by atoms with van der Waals surface area (Å²) in [5.74, 6) is 0.993. The summed E-state index contributed by atoms with van der Waals surface area (Å²) < 4.78 is 5.37. The van der Waals surface area contributed by atoms with Crippen LogP contribution in [0.5, 0.6) is 0 Å². The second-order valence-electron chi connectivity index (χ2n) is 8.11. The Kier molecular flexibility index (Phi) is 8.28. The molecule has 8 nitrogen and oxygen atoms in total. The lowest BCUT2D eigenvalue weighted by atomic mass is 10.1. The van der Waals surface area contributed by atoms with Gasteiger partial charge in [-0.25, -0.2) is 0 Å². The molecule has 3 heterocycles. The van der Waals surface area contributed by atoms with E-state index in [0.717, 1.165) is 82.5 Å².